The van der Waals surface area contributed by atoms with Crippen LogP contribution in [0.1, 0.15) is 57.4 Å². The highest BCUT2D eigenvalue weighted by Gasteiger charge is 2.13. The number of rotatable bonds is 23. The van der Waals surface area contributed by atoms with E-state index in [9.17, 15) is 8.42 Å². The average molecular weight is 537 g/mol. The highest BCUT2D eigenvalue weighted by atomic mass is 32.2. The Morgan fingerprint density at radius 1 is 0.595 bits per heavy atom. The molecule has 0 saturated heterocycles. The molecule has 0 aromatic heterocycles. The lowest BCUT2D eigenvalue weighted by atomic mass is 10.0. The number of hydrogen-bond donors (Lipinski definition) is 0. The maximum absolute atomic E-state index is 12.0. The number of aryl methyl sites for hydroxylation is 1. The van der Waals surface area contributed by atoms with Crippen molar-refractivity contribution in [3.63, 3.8) is 0 Å². The van der Waals surface area contributed by atoms with Crippen LogP contribution in [0.15, 0.2) is 59.5 Å². The van der Waals surface area contributed by atoms with E-state index >= 15 is 0 Å². The third-order valence-corrected chi connectivity index (χ3v) is 7.06. The molecule has 0 heterocycles. The van der Waals surface area contributed by atoms with Crippen molar-refractivity contribution in [1.82, 2.24) is 0 Å². The van der Waals surface area contributed by atoms with Crippen molar-refractivity contribution < 1.29 is 31.5 Å². The highest BCUT2D eigenvalue weighted by molar-refractivity contribution is 7.86. The van der Waals surface area contributed by atoms with Gasteiger partial charge in [-0.2, -0.15) is 8.42 Å². The van der Waals surface area contributed by atoms with E-state index in [2.05, 4.69) is 19.1 Å². The first-order valence-corrected chi connectivity index (χ1v) is 14.9. The Labute approximate surface area is 223 Å². The van der Waals surface area contributed by atoms with Gasteiger partial charge in [-0.05, 0) is 42.7 Å². The predicted molar refractivity (Wildman–Crippen MR) is 146 cm³/mol. The summed E-state index contributed by atoms with van der Waals surface area (Å²) < 4.78 is 50.9. The Morgan fingerprint density at radius 2 is 1.14 bits per heavy atom. The van der Waals surface area contributed by atoms with E-state index in [1.54, 1.807) is 18.2 Å². The molecule has 0 unspecified atom stereocenters. The third kappa shape index (κ3) is 15.1. The molecule has 0 bridgehead atoms. The number of unbranched alkanes of at least 4 members (excludes halogenated alkanes) is 6. The zero-order valence-corrected chi connectivity index (χ0v) is 23.1. The van der Waals surface area contributed by atoms with Crippen molar-refractivity contribution in [2.45, 2.75) is 63.2 Å². The van der Waals surface area contributed by atoms with Crippen molar-refractivity contribution in [2.24, 2.45) is 0 Å². The van der Waals surface area contributed by atoms with Crippen LogP contribution in [0.4, 0.5) is 0 Å². The van der Waals surface area contributed by atoms with Crippen LogP contribution in [0.25, 0.3) is 0 Å². The maximum atomic E-state index is 12.0. The van der Waals surface area contributed by atoms with Crippen molar-refractivity contribution in [2.75, 3.05) is 52.9 Å². The Bertz CT molecular complexity index is 902. The van der Waals surface area contributed by atoms with Gasteiger partial charge in [-0.25, -0.2) is 0 Å². The van der Waals surface area contributed by atoms with Crippen LogP contribution in [-0.2, 0) is 34.9 Å². The second-order valence-electron chi connectivity index (χ2n) is 8.79. The largest absolute Gasteiger partial charge is 0.491 e. The van der Waals surface area contributed by atoms with Gasteiger partial charge in [-0.3, -0.25) is 4.18 Å². The fourth-order valence-electron chi connectivity index (χ4n) is 3.66. The van der Waals surface area contributed by atoms with Crippen LogP contribution in [0.2, 0.25) is 0 Å². The van der Waals surface area contributed by atoms with Gasteiger partial charge in [0.15, 0.2) is 0 Å². The normalized spacial score (nSPS) is 11.6. The molecule has 208 valence electrons. The molecule has 0 aliphatic rings. The molecule has 0 spiro atoms. The summed E-state index contributed by atoms with van der Waals surface area (Å²) in [5.41, 5.74) is 1.36. The summed E-state index contributed by atoms with van der Waals surface area (Å²) in [4.78, 5) is 0.135. The van der Waals surface area contributed by atoms with E-state index in [1.165, 1.54) is 62.6 Å². The summed E-state index contributed by atoms with van der Waals surface area (Å²) in [5.74, 6) is 0.862. The lowest BCUT2D eigenvalue weighted by Gasteiger charge is -2.09. The summed E-state index contributed by atoms with van der Waals surface area (Å²) in [7, 11) is -3.74. The maximum Gasteiger partial charge on any atom is 0.297 e. The molecule has 8 heteroatoms. The zero-order chi connectivity index (χ0) is 26.4. The van der Waals surface area contributed by atoms with E-state index in [-0.39, 0.29) is 18.1 Å². The Hall–Kier alpha value is -1.97. The van der Waals surface area contributed by atoms with E-state index in [1.807, 2.05) is 12.1 Å². The highest BCUT2D eigenvalue weighted by Crippen LogP contribution is 2.15. The van der Waals surface area contributed by atoms with Gasteiger partial charge in [-0.1, -0.05) is 75.8 Å². The molecule has 0 radical (unpaired) electrons. The molecule has 7 nitrogen and oxygen atoms in total. The molecule has 0 atom stereocenters. The van der Waals surface area contributed by atoms with Gasteiger partial charge >= 0.3 is 0 Å². The number of ether oxygens (including phenoxy) is 4. The average Bonchev–Trinajstić information content (AvgIpc) is 2.92. The summed E-state index contributed by atoms with van der Waals surface area (Å²) >= 11 is 0. The third-order valence-electron chi connectivity index (χ3n) is 5.73. The van der Waals surface area contributed by atoms with E-state index < -0.39 is 10.1 Å². The molecule has 0 saturated carbocycles. The minimum absolute atomic E-state index is 0.0394. The van der Waals surface area contributed by atoms with Crippen LogP contribution in [0.5, 0.6) is 5.75 Å². The second-order valence-corrected chi connectivity index (χ2v) is 10.4. The first-order chi connectivity index (χ1) is 18.1. The van der Waals surface area contributed by atoms with E-state index in [4.69, 9.17) is 23.1 Å². The summed E-state index contributed by atoms with van der Waals surface area (Å²) in [6, 6.07) is 16.4. The van der Waals surface area contributed by atoms with Crippen molar-refractivity contribution in [1.29, 1.82) is 0 Å². The van der Waals surface area contributed by atoms with Gasteiger partial charge < -0.3 is 18.9 Å². The minimum Gasteiger partial charge on any atom is -0.491 e. The SMILES string of the molecule is CCCCCCCCCc1ccc(OCCOCCOCCOCCOS(=O)(=O)c2ccccc2)cc1. The molecular formula is C29H44O7S. The quantitative estimate of drug-likeness (QED) is 0.131. The summed E-state index contributed by atoms with van der Waals surface area (Å²) in [5, 5.41) is 0. The van der Waals surface area contributed by atoms with E-state index in [0.29, 0.717) is 39.6 Å². The van der Waals surface area contributed by atoms with E-state index in [0.717, 1.165) is 12.2 Å². The molecule has 0 amide bonds. The van der Waals surface area contributed by atoms with Crippen LogP contribution < -0.4 is 4.74 Å². The topological polar surface area (TPSA) is 80.3 Å². The predicted octanol–water partition coefficient (Wildman–Crippen LogP) is 5.81. The van der Waals surface area contributed by atoms with Crippen LogP contribution >= 0.6 is 0 Å². The first-order valence-electron chi connectivity index (χ1n) is 13.5. The molecule has 0 aliphatic heterocycles. The molecule has 37 heavy (non-hydrogen) atoms. The fraction of sp³-hybridized carbons (Fsp3) is 0.586. The molecule has 0 fully saturated rings. The van der Waals surface area contributed by atoms with Gasteiger partial charge in [0.25, 0.3) is 10.1 Å². The Balaban J connectivity index is 1.36. The van der Waals surface area contributed by atoms with Crippen LogP contribution in [0, 0.1) is 0 Å². The zero-order valence-electron chi connectivity index (χ0n) is 22.3. The molecule has 2 aromatic carbocycles. The van der Waals surface area contributed by atoms with Gasteiger partial charge in [0.2, 0.25) is 0 Å². The molecule has 2 rings (SSSR count). The smallest absolute Gasteiger partial charge is 0.297 e. The molecule has 2 aromatic rings. The first kappa shape index (κ1) is 31.2. The number of hydrogen-bond acceptors (Lipinski definition) is 7. The lowest BCUT2D eigenvalue weighted by molar-refractivity contribution is 0.00528. The summed E-state index contributed by atoms with van der Waals surface area (Å²) in [6.45, 7) is 5.05. The molecule has 0 aliphatic carbocycles. The summed E-state index contributed by atoms with van der Waals surface area (Å²) in [6.07, 6.45) is 10.4. The van der Waals surface area contributed by atoms with Crippen molar-refractivity contribution >= 4 is 10.1 Å². The van der Waals surface area contributed by atoms with Gasteiger partial charge in [0.05, 0.1) is 51.1 Å². The van der Waals surface area contributed by atoms with Gasteiger partial charge in [0, 0.05) is 0 Å². The Morgan fingerprint density at radius 3 is 1.76 bits per heavy atom. The van der Waals surface area contributed by atoms with Gasteiger partial charge in [-0.15, -0.1) is 0 Å². The van der Waals surface area contributed by atoms with Crippen molar-refractivity contribution in [3.8, 4) is 5.75 Å². The monoisotopic (exact) mass is 536 g/mol. The molecule has 0 N–H and O–H groups in total. The van der Waals surface area contributed by atoms with Crippen LogP contribution in [-0.4, -0.2) is 61.3 Å². The van der Waals surface area contributed by atoms with Gasteiger partial charge in [0.1, 0.15) is 12.4 Å². The lowest BCUT2D eigenvalue weighted by Crippen LogP contribution is -2.15. The minimum atomic E-state index is -3.74. The van der Waals surface area contributed by atoms with Crippen LogP contribution in [0.3, 0.4) is 0 Å². The number of benzene rings is 2. The Kier molecular flexibility index (Phi) is 16.9. The standard InChI is InChI=1S/C29H44O7S/c1-2-3-4-5-6-7-9-12-27-15-17-28(18-16-27)35-25-23-33-21-19-32-20-22-34-24-26-36-37(30,31)29-13-10-8-11-14-29/h8,10-11,13-18H,2-7,9,12,19-26H2,1H3. The molecular weight excluding hydrogens is 492 g/mol. The second kappa shape index (κ2) is 20.1. The fourth-order valence-corrected chi connectivity index (χ4v) is 4.57. The van der Waals surface area contributed by atoms with Crippen molar-refractivity contribution in [3.05, 3.63) is 60.2 Å².